The number of benzene rings is 1. The van der Waals surface area contributed by atoms with Gasteiger partial charge in [-0.15, -0.1) is 11.8 Å². The van der Waals surface area contributed by atoms with Gasteiger partial charge in [-0.1, -0.05) is 32.4 Å². The zero-order valence-electron chi connectivity index (χ0n) is 35.3. The average Bonchev–Trinajstić information content (AvgIpc) is 3.73. The normalized spacial score (nSPS) is 18.0. The highest BCUT2D eigenvalue weighted by Gasteiger charge is 2.56. The van der Waals surface area contributed by atoms with Crippen LogP contribution < -0.4 is 27.0 Å². The number of unbranched alkanes of at least 4 members (excludes halogenated alkanes) is 2. The van der Waals surface area contributed by atoms with Crippen molar-refractivity contribution in [2.24, 2.45) is 17.6 Å². The number of fused-ring (bicyclic) bond motifs is 1. The minimum Gasteiger partial charge on any atom is -0.477 e. The summed E-state index contributed by atoms with van der Waals surface area (Å²) in [4.78, 5) is 115. The molecule has 0 spiro atoms. The van der Waals surface area contributed by atoms with Crippen LogP contribution in [0.3, 0.4) is 0 Å². The molecule has 21 nitrogen and oxygen atoms in total. The molecule has 22 heteroatoms. The molecular weight excluding hydrogens is 843 g/mol. The third kappa shape index (κ3) is 13.6. The van der Waals surface area contributed by atoms with Crippen LogP contribution in [0.5, 0.6) is 0 Å². The number of carboxylic acid groups (broad SMARTS) is 1. The van der Waals surface area contributed by atoms with Crippen LogP contribution in [0, 0.1) is 17.2 Å². The van der Waals surface area contributed by atoms with Gasteiger partial charge in [-0.2, -0.15) is 0 Å². The van der Waals surface area contributed by atoms with Crippen LogP contribution in [0.15, 0.2) is 47.0 Å². The van der Waals surface area contributed by atoms with Gasteiger partial charge in [0, 0.05) is 61.0 Å². The molecule has 1 aromatic rings. The maximum absolute atomic E-state index is 13.5. The molecule has 1 aromatic carbocycles. The number of nitrogens with two attached hydrogens (primary N) is 1. The van der Waals surface area contributed by atoms with E-state index in [1.54, 1.807) is 38.1 Å². The topological polar surface area (TPSA) is 311 Å². The first-order valence-electron chi connectivity index (χ1n) is 20.5. The third-order valence-electron chi connectivity index (χ3n) is 10.5. The Morgan fingerprint density at radius 3 is 2.27 bits per heavy atom. The highest BCUT2D eigenvalue weighted by Crippen LogP contribution is 2.47. The number of primary amides is 1. The number of nitrogens with one attached hydrogen (secondary N) is 5. The summed E-state index contributed by atoms with van der Waals surface area (Å²) in [6.07, 6.45) is 3.72. The second-order valence-corrected chi connectivity index (χ2v) is 16.7. The van der Waals surface area contributed by atoms with Crippen LogP contribution in [0.4, 0.5) is 15.3 Å². The van der Waals surface area contributed by atoms with Crippen LogP contribution in [0.25, 0.3) is 0 Å². The molecule has 9 N–H and O–H groups in total. The first-order valence-corrected chi connectivity index (χ1v) is 21.5. The lowest BCUT2D eigenvalue weighted by atomic mass is 9.83. The number of anilines is 1. The van der Waals surface area contributed by atoms with Crippen molar-refractivity contribution in [1.82, 2.24) is 30.7 Å². The Kier molecular flexibility index (Phi) is 18.2. The Labute approximate surface area is 368 Å². The van der Waals surface area contributed by atoms with Gasteiger partial charge in [0.2, 0.25) is 23.6 Å². The van der Waals surface area contributed by atoms with Crippen molar-refractivity contribution < 1.29 is 58.1 Å². The molecule has 0 radical (unpaired) electrons. The van der Waals surface area contributed by atoms with Gasteiger partial charge < -0.3 is 46.9 Å². The largest absolute Gasteiger partial charge is 0.477 e. The molecule has 9 amide bonds. The predicted octanol–water partition coefficient (Wildman–Crippen LogP) is 1.37. The lowest BCUT2D eigenvalue weighted by molar-refractivity contribution is -0.161. The molecule has 4 rings (SSSR count). The molecule has 1 fully saturated rings. The van der Waals surface area contributed by atoms with E-state index in [1.165, 1.54) is 24.0 Å². The molecule has 0 saturated carbocycles. The Hall–Kier alpha value is -6.29. The minimum absolute atomic E-state index is 0.000502. The minimum atomic E-state index is -1.26. The van der Waals surface area contributed by atoms with E-state index in [9.17, 15) is 53.4 Å². The summed E-state index contributed by atoms with van der Waals surface area (Å²) in [6, 6.07) is 3.04. The molecule has 5 atom stereocenters. The van der Waals surface area contributed by atoms with Crippen molar-refractivity contribution in [3.63, 3.8) is 0 Å². The summed E-state index contributed by atoms with van der Waals surface area (Å²) in [5, 5.41) is 38.0. The highest BCUT2D eigenvalue weighted by atomic mass is 32.2. The fourth-order valence-corrected chi connectivity index (χ4v) is 8.33. The van der Waals surface area contributed by atoms with E-state index in [4.69, 9.17) is 15.9 Å². The molecule has 0 aliphatic carbocycles. The van der Waals surface area contributed by atoms with Crippen molar-refractivity contribution in [2.45, 2.75) is 96.6 Å². The van der Waals surface area contributed by atoms with Crippen molar-refractivity contribution in [2.75, 3.05) is 30.7 Å². The Morgan fingerprint density at radius 1 is 0.984 bits per heavy atom. The van der Waals surface area contributed by atoms with E-state index in [1.807, 2.05) is 0 Å². The number of thioether (sulfide) groups is 1. The molecule has 342 valence electrons. The van der Waals surface area contributed by atoms with E-state index in [2.05, 4.69) is 21.3 Å². The number of aliphatic hydroxyl groups excluding tert-OH is 1. The first kappa shape index (κ1) is 49.4. The van der Waals surface area contributed by atoms with Crippen molar-refractivity contribution in [1.29, 1.82) is 5.41 Å². The number of urea groups is 1. The maximum Gasteiger partial charge on any atom is 0.415 e. The van der Waals surface area contributed by atoms with Gasteiger partial charge in [-0.3, -0.25) is 44.0 Å². The summed E-state index contributed by atoms with van der Waals surface area (Å²) in [5.74, 6) is -4.85. The van der Waals surface area contributed by atoms with Crippen LogP contribution in [0.1, 0.15) is 71.3 Å². The lowest BCUT2D eigenvalue weighted by Crippen LogP contribution is -2.61. The van der Waals surface area contributed by atoms with Crippen molar-refractivity contribution >= 4 is 77.3 Å². The van der Waals surface area contributed by atoms with Gasteiger partial charge in [-0.25, -0.2) is 14.4 Å². The lowest BCUT2D eigenvalue weighted by Gasteiger charge is -2.44. The number of hydrogen-bond donors (Lipinski definition) is 8. The number of carboxylic acids is 1. The number of imide groups is 1. The zero-order chi connectivity index (χ0) is 46.4. The second-order valence-electron chi connectivity index (χ2n) is 15.5. The molecule has 1 saturated heterocycles. The van der Waals surface area contributed by atoms with Gasteiger partial charge in [0.15, 0.2) is 0 Å². The van der Waals surface area contributed by atoms with Gasteiger partial charge in [0.05, 0.1) is 24.4 Å². The number of carbonyl (C=O) groups excluding carboxylic acids is 8. The number of rotatable bonds is 25. The first-order chi connectivity index (χ1) is 29.9. The summed E-state index contributed by atoms with van der Waals surface area (Å²) < 4.78 is 5.37. The Balaban J connectivity index is 1.26. The quantitative estimate of drug-likeness (QED) is 0.0226. The summed E-state index contributed by atoms with van der Waals surface area (Å²) in [7, 11) is 0. The molecule has 63 heavy (non-hydrogen) atoms. The number of aliphatic hydroxyl groups is 1. The summed E-state index contributed by atoms with van der Waals surface area (Å²) in [5.41, 5.74) is 5.91. The van der Waals surface area contributed by atoms with Crippen LogP contribution in [0.2, 0.25) is 0 Å². The standard InChI is InChI=1S/C41H55N9O12S/c1-23(2)34(47-30(52)9-5-4-6-17-49-31(53)14-15-32(49)54)37(56)46-27(8-7-16-44-40(43)60)36(55)45-26-12-10-25(11-13-26)21-62-41(61)48(22-42)18-19-63-29-20-28-33(24(3)51)38(57)50(28)35(29)39(58)59/h10-15,22-24,27-28,33-34,42,51H,4-9,16-21H2,1-3H3,(H,45,55)(H,46,56)(H,47,52)(H,58,59)(H3,43,44,60)/t24-,27+,28-,33-,34?/m1/s1. The highest BCUT2D eigenvalue weighted by molar-refractivity contribution is 8.03. The van der Waals surface area contributed by atoms with Crippen LogP contribution in [-0.2, 0) is 44.9 Å². The van der Waals surface area contributed by atoms with E-state index in [0.717, 1.165) is 27.9 Å². The van der Waals surface area contributed by atoms with Crippen LogP contribution in [-0.4, -0.2) is 134 Å². The predicted molar refractivity (Wildman–Crippen MR) is 228 cm³/mol. The maximum atomic E-state index is 13.5. The van der Waals surface area contributed by atoms with E-state index in [0.29, 0.717) is 35.4 Å². The third-order valence-corrected chi connectivity index (χ3v) is 11.6. The Morgan fingerprint density at radius 2 is 1.67 bits per heavy atom. The number of hydrogen-bond acceptors (Lipinski definition) is 13. The van der Waals surface area contributed by atoms with E-state index in [-0.39, 0.29) is 87.0 Å². The van der Waals surface area contributed by atoms with E-state index >= 15 is 0 Å². The van der Waals surface area contributed by atoms with Crippen LogP contribution >= 0.6 is 11.8 Å². The SMILES string of the molecule is CC(C)C(NC(=O)CCCCCN1C(=O)C=CC1=O)C(=O)N[C@@H](CCCNC(N)=O)C(=O)Nc1ccc(COC(=O)N(C=N)CCSC2=C(C(=O)O)N3C(=O)[C@H]([C@@H](C)O)[C@H]3C2)cc1. The smallest absolute Gasteiger partial charge is 0.415 e. The van der Waals surface area contributed by atoms with Crippen molar-refractivity contribution in [3.8, 4) is 0 Å². The molecular formula is C41H55N9O12S. The molecule has 3 aliphatic rings. The number of β-lactam (4-membered cyclic amide) rings is 1. The molecule has 3 aliphatic heterocycles. The molecule has 3 heterocycles. The Bertz CT molecular complexity index is 1970. The van der Waals surface area contributed by atoms with Gasteiger partial charge >= 0.3 is 18.1 Å². The molecule has 0 aromatic heterocycles. The fourth-order valence-electron chi connectivity index (χ4n) is 7.19. The number of aliphatic carboxylic acids is 1. The van der Waals surface area contributed by atoms with Gasteiger partial charge in [-0.05, 0) is 56.2 Å². The van der Waals surface area contributed by atoms with E-state index < -0.39 is 66.0 Å². The zero-order valence-corrected chi connectivity index (χ0v) is 36.1. The molecule has 0 bridgehead atoms. The van der Waals surface area contributed by atoms with Gasteiger partial charge in [0.1, 0.15) is 24.4 Å². The summed E-state index contributed by atoms with van der Waals surface area (Å²) in [6.45, 7) is 5.15. The fraction of sp³-hybridized carbons (Fsp3) is 0.512. The number of ether oxygens (including phenoxy) is 1. The van der Waals surface area contributed by atoms with Gasteiger partial charge in [0.25, 0.3) is 11.8 Å². The second kappa shape index (κ2) is 23.2. The monoisotopic (exact) mass is 897 g/mol. The number of amides is 9. The number of carbonyl (C=O) groups is 9. The summed E-state index contributed by atoms with van der Waals surface area (Å²) >= 11 is 1.15. The average molecular weight is 898 g/mol. The molecule has 1 unspecified atom stereocenters. The van der Waals surface area contributed by atoms with Crippen molar-refractivity contribution in [3.05, 3.63) is 52.6 Å². The number of nitrogens with zero attached hydrogens (tertiary/aromatic N) is 3.